The monoisotopic (exact) mass is 284 g/mol. The Balaban J connectivity index is 1.77. The first-order chi connectivity index (χ1) is 9.60. The Labute approximate surface area is 119 Å². The summed E-state index contributed by atoms with van der Waals surface area (Å²) in [5.41, 5.74) is -0.550. The quantitative estimate of drug-likeness (QED) is 0.714. The van der Waals surface area contributed by atoms with Crippen molar-refractivity contribution in [3.63, 3.8) is 0 Å². The van der Waals surface area contributed by atoms with Gasteiger partial charge in [0.1, 0.15) is 0 Å². The molecule has 1 aliphatic heterocycles. The molecule has 0 aromatic carbocycles. The van der Waals surface area contributed by atoms with Crippen LogP contribution in [0.1, 0.15) is 44.9 Å². The number of hydrogen-bond donors (Lipinski definition) is 3. The van der Waals surface area contributed by atoms with Crippen LogP contribution in [-0.2, 0) is 9.53 Å². The summed E-state index contributed by atoms with van der Waals surface area (Å²) in [5, 5.41) is 14.8. The number of hydrogen-bond acceptors (Lipinski definition) is 3. The van der Waals surface area contributed by atoms with Gasteiger partial charge in [-0.1, -0.05) is 12.8 Å². The number of urea groups is 1. The Morgan fingerprint density at radius 3 is 2.45 bits per heavy atom. The first-order valence-electron chi connectivity index (χ1n) is 7.45. The summed E-state index contributed by atoms with van der Waals surface area (Å²) in [4.78, 5) is 22.9. The standard InChI is InChI=1S/C14H24N2O4/c17-12(18)9-14(5-1-2-6-14)16-13(19)15-10-11-3-7-20-8-4-11/h11H,1-10H2,(H,17,18)(H2,15,16,19). The molecule has 2 amide bonds. The van der Waals surface area contributed by atoms with Crippen LogP contribution in [-0.4, -0.2) is 42.4 Å². The molecule has 0 spiro atoms. The molecule has 2 fully saturated rings. The van der Waals surface area contributed by atoms with E-state index in [2.05, 4.69) is 10.6 Å². The predicted octanol–water partition coefficient (Wildman–Crippen LogP) is 1.50. The third-order valence-electron chi connectivity index (χ3n) is 4.32. The summed E-state index contributed by atoms with van der Waals surface area (Å²) in [5.74, 6) is -0.384. The van der Waals surface area contributed by atoms with Crippen LogP contribution < -0.4 is 10.6 Å². The number of carbonyl (C=O) groups excluding carboxylic acids is 1. The van der Waals surface area contributed by atoms with Gasteiger partial charge >= 0.3 is 12.0 Å². The van der Waals surface area contributed by atoms with Gasteiger partial charge in [-0.05, 0) is 31.6 Å². The van der Waals surface area contributed by atoms with Gasteiger partial charge in [-0.25, -0.2) is 4.79 Å². The fourth-order valence-corrected chi connectivity index (χ4v) is 3.16. The maximum absolute atomic E-state index is 12.0. The second kappa shape index (κ2) is 6.92. The number of ether oxygens (including phenoxy) is 1. The molecule has 1 heterocycles. The Hall–Kier alpha value is -1.30. The number of carboxylic acids is 1. The fraction of sp³-hybridized carbons (Fsp3) is 0.857. The van der Waals surface area contributed by atoms with Gasteiger partial charge < -0.3 is 20.5 Å². The van der Waals surface area contributed by atoms with E-state index < -0.39 is 11.5 Å². The van der Waals surface area contributed by atoms with E-state index in [-0.39, 0.29) is 12.5 Å². The minimum atomic E-state index is -0.850. The van der Waals surface area contributed by atoms with E-state index in [0.29, 0.717) is 12.5 Å². The molecule has 3 N–H and O–H groups in total. The summed E-state index contributed by atoms with van der Waals surface area (Å²) >= 11 is 0. The van der Waals surface area contributed by atoms with Crippen molar-refractivity contribution in [1.29, 1.82) is 0 Å². The molecular weight excluding hydrogens is 260 g/mol. The number of carbonyl (C=O) groups is 2. The molecule has 1 saturated heterocycles. The first kappa shape index (κ1) is 15.1. The van der Waals surface area contributed by atoms with E-state index in [1.165, 1.54) is 0 Å². The maximum atomic E-state index is 12.0. The topological polar surface area (TPSA) is 87.7 Å². The fourth-order valence-electron chi connectivity index (χ4n) is 3.16. The number of nitrogens with one attached hydrogen (secondary N) is 2. The highest BCUT2D eigenvalue weighted by Crippen LogP contribution is 2.32. The molecule has 114 valence electrons. The number of amides is 2. The highest BCUT2D eigenvalue weighted by atomic mass is 16.5. The van der Waals surface area contributed by atoms with Gasteiger partial charge in [0.15, 0.2) is 0 Å². The summed E-state index contributed by atoms with van der Waals surface area (Å²) in [6, 6.07) is -0.236. The smallest absolute Gasteiger partial charge is 0.315 e. The van der Waals surface area contributed by atoms with Gasteiger partial charge in [0.2, 0.25) is 0 Å². The van der Waals surface area contributed by atoms with Crippen LogP contribution in [0, 0.1) is 5.92 Å². The molecule has 6 heteroatoms. The van der Waals surface area contributed by atoms with Crippen molar-refractivity contribution in [2.24, 2.45) is 5.92 Å². The minimum absolute atomic E-state index is 0.0116. The summed E-state index contributed by atoms with van der Waals surface area (Å²) in [7, 11) is 0. The second-order valence-electron chi connectivity index (χ2n) is 5.95. The van der Waals surface area contributed by atoms with Crippen LogP contribution in [0.25, 0.3) is 0 Å². The summed E-state index contributed by atoms with van der Waals surface area (Å²) in [6.07, 6.45) is 5.42. The number of rotatable bonds is 5. The van der Waals surface area contributed by atoms with Crippen molar-refractivity contribution < 1.29 is 19.4 Å². The predicted molar refractivity (Wildman–Crippen MR) is 73.5 cm³/mol. The molecule has 20 heavy (non-hydrogen) atoms. The molecule has 2 aliphatic rings. The molecular formula is C14H24N2O4. The zero-order valence-corrected chi connectivity index (χ0v) is 11.8. The van der Waals surface area contributed by atoms with Gasteiger partial charge in [0, 0.05) is 19.8 Å². The van der Waals surface area contributed by atoms with Crippen molar-refractivity contribution in [1.82, 2.24) is 10.6 Å². The van der Waals surface area contributed by atoms with Gasteiger partial charge in [-0.3, -0.25) is 4.79 Å². The van der Waals surface area contributed by atoms with Gasteiger partial charge in [-0.2, -0.15) is 0 Å². The molecule has 0 atom stereocenters. The third-order valence-corrected chi connectivity index (χ3v) is 4.32. The lowest BCUT2D eigenvalue weighted by Crippen LogP contribution is -2.52. The van der Waals surface area contributed by atoms with E-state index in [9.17, 15) is 9.59 Å². The van der Waals surface area contributed by atoms with Crippen molar-refractivity contribution in [3.05, 3.63) is 0 Å². The molecule has 2 rings (SSSR count). The normalized spacial score (nSPS) is 22.4. The maximum Gasteiger partial charge on any atom is 0.315 e. The highest BCUT2D eigenvalue weighted by molar-refractivity contribution is 5.76. The van der Waals surface area contributed by atoms with Gasteiger partial charge in [0.05, 0.1) is 12.0 Å². The van der Waals surface area contributed by atoms with Crippen molar-refractivity contribution >= 4 is 12.0 Å². The second-order valence-corrected chi connectivity index (χ2v) is 5.95. The molecule has 0 bridgehead atoms. The van der Waals surface area contributed by atoms with Crippen LogP contribution in [0.5, 0.6) is 0 Å². The third kappa shape index (κ3) is 4.37. The van der Waals surface area contributed by atoms with Crippen LogP contribution in [0.3, 0.4) is 0 Å². The van der Waals surface area contributed by atoms with E-state index in [4.69, 9.17) is 9.84 Å². The van der Waals surface area contributed by atoms with Crippen molar-refractivity contribution in [2.45, 2.75) is 50.5 Å². The summed E-state index contributed by atoms with van der Waals surface area (Å²) in [6.45, 7) is 2.16. The Morgan fingerprint density at radius 2 is 1.85 bits per heavy atom. The largest absolute Gasteiger partial charge is 0.481 e. The van der Waals surface area contributed by atoms with Crippen LogP contribution in [0.15, 0.2) is 0 Å². The SMILES string of the molecule is O=C(O)CC1(NC(=O)NCC2CCOCC2)CCCC1. The Kier molecular flexibility index (Phi) is 5.23. The van der Waals surface area contributed by atoms with E-state index in [1.54, 1.807) is 0 Å². The lowest BCUT2D eigenvalue weighted by atomic mass is 9.93. The Morgan fingerprint density at radius 1 is 1.20 bits per heavy atom. The number of aliphatic carboxylic acids is 1. The highest BCUT2D eigenvalue weighted by Gasteiger charge is 2.37. The first-order valence-corrected chi connectivity index (χ1v) is 7.45. The zero-order chi connectivity index (χ0) is 14.4. The van der Waals surface area contributed by atoms with Gasteiger partial charge in [-0.15, -0.1) is 0 Å². The molecule has 1 saturated carbocycles. The van der Waals surface area contributed by atoms with Crippen molar-refractivity contribution in [2.75, 3.05) is 19.8 Å². The van der Waals surface area contributed by atoms with E-state index in [1.807, 2.05) is 0 Å². The van der Waals surface area contributed by atoms with Crippen LogP contribution in [0.4, 0.5) is 4.79 Å². The van der Waals surface area contributed by atoms with Crippen LogP contribution >= 0.6 is 0 Å². The molecule has 0 radical (unpaired) electrons. The lowest BCUT2D eigenvalue weighted by molar-refractivity contribution is -0.138. The molecule has 0 aromatic rings. The average molecular weight is 284 g/mol. The molecule has 1 aliphatic carbocycles. The lowest BCUT2D eigenvalue weighted by Gasteiger charge is -2.29. The minimum Gasteiger partial charge on any atom is -0.481 e. The molecule has 0 aromatic heterocycles. The van der Waals surface area contributed by atoms with Gasteiger partial charge in [0.25, 0.3) is 0 Å². The van der Waals surface area contributed by atoms with E-state index >= 15 is 0 Å². The zero-order valence-electron chi connectivity index (χ0n) is 11.8. The molecule has 6 nitrogen and oxygen atoms in total. The summed E-state index contributed by atoms with van der Waals surface area (Å²) < 4.78 is 5.28. The number of carboxylic acid groups (broad SMARTS) is 1. The van der Waals surface area contributed by atoms with Crippen LogP contribution in [0.2, 0.25) is 0 Å². The van der Waals surface area contributed by atoms with Crippen molar-refractivity contribution in [3.8, 4) is 0 Å². The Bertz CT molecular complexity index is 347. The molecule has 0 unspecified atom stereocenters. The van der Waals surface area contributed by atoms with E-state index in [0.717, 1.165) is 51.7 Å². The average Bonchev–Trinajstić information content (AvgIpc) is 2.85.